The Bertz CT molecular complexity index is 378. The van der Waals surface area contributed by atoms with Gasteiger partial charge in [0.1, 0.15) is 5.82 Å². The summed E-state index contributed by atoms with van der Waals surface area (Å²) >= 11 is 1.87. The lowest BCUT2D eigenvalue weighted by Crippen LogP contribution is -2.08. The Hall–Kier alpha value is -0.700. The van der Waals surface area contributed by atoms with E-state index in [1.165, 1.54) is 23.3 Å². The van der Waals surface area contributed by atoms with Crippen molar-refractivity contribution < 1.29 is 0 Å². The van der Waals surface area contributed by atoms with Crippen LogP contribution in [0.4, 0.5) is 5.82 Å². The van der Waals surface area contributed by atoms with Crippen LogP contribution in [-0.2, 0) is 0 Å². The van der Waals surface area contributed by atoms with Crippen molar-refractivity contribution in [2.75, 3.05) is 5.32 Å². The molecule has 0 aromatic carbocycles. The van der Waals surface area contributed by atoms with Crippen LogP contribution in [-0.4, -0.2) is 15.8 Å². The molecule has 1 saturated carbocycles. The summed E-state index contributed by atoms with van der Waals surface area (Å²) in [5.41, 5.74) is 1.25. The van der Waals surface area contributed by atoms with Crippen LogP contribution < -0.4 is 5.32 Å². The summed E-state index contributed by atoms with van der Waals surface area (Å²) in [5.74, 6) is 1.06. The number of anilines is 1. The van der Waals surface area contributed by atoms with Gasteiger partial charge < -0.3 is 5.32 Å². The van der Waals surface area contributed by atoms with Gasteiger partial charge >= 0.3 is 0 Å². The van der Waals surface area contributed by atoms with E-state index in [2.05, 4.69) is 44.1 Å². The van der Waals surface area contributed by atoms with Crippen molar-refractivity contribution >= 4 is 17.6 Å². The molecule has 0 bridgehead atoms. The third kappa shape index (κ3) is 3.41. The fourth-order valence-corrected chi connectivity index (χ4v) is 2.58. The zero-order valence-corrected chi connectivity index (χ0v) is 11.3. The van der Waals surface area contributed by atoms with Crippen LogP contribution in [0.15, 0.2) is 17.2 Å². The van der Waals surface area contributed by atoms with Gasteiger partial charge in [-0.25, -0.2) is 4.98 Å². The van der Waals surface area contributed by atoms with Crippen LogP contribution in [0.2, 0.25) is 0 Å². The topological polar surface area (TPSA) is 24.9 Å². The van der Waals surface area contributed by atoms with Crippen LogP contribution in [0.3, 0.4) is 0 Å². The molecule has 1 aliphatic carbocycles. The van der Waals surface area contributed by atoms with E-state index in [1.807, 2.05) is 18.0 Å². The minimum atomic E-state index is 0.250. The summed E-state index contributed by atoms with van der Waals surface area (Å²) in [6, 6.07) is 2.90. The summed E-state index contributed by atoms with van der Waals surface area (Å²) in [6.07, 6.45) is 4.56. The molecule has 1 fully saturated rings. The van der Waals surface area contributed by atoms with Gasteiger partial charge in [-0.3, -0.25) is 0 Å². The lowest BCUT2D eigenvalue weighted by Gasteiger charge is -2.18. The third-order valence-corrected chi connectivity index (χ3v) is 3.47. The maximum atomic E-state index is 4.51. The van der Waals surface area contributed by atoms with E-state index in [0.717, 1.165) is 5.82 Å². The normalized spacial score (nSPS) is 16.2. The SMILES string of the molecule is Cc1cc(SC(C)(C)C)cnc1NC1CC1. The number of nitrogens with zero attached hydrogens (tertiary/aromatic N) is 1. The Morgan fingerprint density at radius 3 is 2.56 bits per heavy atom. The molecule has 1 heterocycles. The number of rotatable bonds is 3. The average Bonchev–Trinajstić information content (AvgIpc) is 2.90. The minimum Gasteiger partial charge on any atom is -0.367 e. The Morgan fingerprint density at radius 2 is 2.06 bits per heavy atom. The fraction of sp³-hybridized carbons (Fsp3) is 0.615. The Balaban J connectivity index is 2.08. The molecular weight excluding hydrogens is 216 g/mol. The molecule has 1 aromatic rings. The van der Waals surface area contributed by atoms with Crippen LogP contribution in [0.25, 0.3) is 0 Å². The average molecular weight is 236 g/mol. The van der Waals surface area contributed by atoms with E-state index in [1.54, 1.807) is 0 Å². The van der Waals surface area contributed by atoms with Gasteiger partial charge in [0, 0.05) is 21.9 Å². The highest BCUT2D eigenvalue weighted by molar-refractivity contribution is 8.00. The van der Waals surface area contributed by atoms with Crippen LogP contribution in [0.5, 0.6) is 0 Å². The lowest BCUT2D eigenvalue weighted by molar-refractivity contribution is 0.802. The van der Waals surface area contributed by atoms with Crippen molar-refractivity contribution in [2.24, 2.45) is 0 Å². The molecule has 16 heavy (non-hydrogen) atoms. The van der Waals surface area contributed by atoms with Gasteiger partial charge in [0.15, 0.2) is 0 Å². The Kier molecular flexibility index (Phi) is 3.15. The number of thioether (sulfide) groups is 1. The Labute approximate surface area is 102 Å². The molecule has 0 spiro atoms. The second kappa shape index (κ2) is 4.28. The van der Waals surface area contributed by atoms with Crippen LogP contribution in [0, 0.1) is 6.92 Å². The monoisotopic (exact) mass is 236 g/mol. The number of aromatic nitrogens is 1. The Morgan fingerprint density at radius 1 is 1.38 bits per heavy atom. The molecule has 0 radical (unpaired) electrons. The number of nitrogens with one attached hydrogen (secondary N) is 1. The first-order valence-electron chi connectivity index (χ1n) is 5.86. The zero-order chi connectivity index (χ0) is 11.8. The standard InChI is InChI=1S/C13H20N2S/c1-9-7-11(16-13(2,3)4)8-14-12(9)15-10-5-6-10/h7-8,10H,5-6H2,1-4H3,(H,14,15). The van der Waals surface area contributed by atoms with Crippen LogP contribution in [0.1, 0.15) is 39.2 Å². The highest BCUT2D eigenvalue weighted by Crippen LogP contribution is 2.33. The molecule has 0 unspecified atom stereocenters. The molecule has 1 N–H and O–H groups in total. The van der Waals surface area contributed by atoms with Gasteiger partial charge in [-0.2, -0.15) is 0 Å². The number of aryl methyl sites for hydroxylation is 1. The minimum absolute atomic E-state index is 0.250. The van der Waals surface area contributed by atoms with Gasteiger partial charge in [0.25, 0.3) is 0 Å². The molecule has 88 valence electrons. The molecule has 1 aromatic heterocycles. The first kappa shape index (κ1) is 11.8. The first-order chi connectivity index (χ1) is 7.44. The first-order valence-corrected chi connectivity index (χ1v) is 6.68. The molecular formula is C13H20N2S. The third-order valence-electron chi connectivity index (χ3n) is 2.40. The highest BCUT2D eigenvalue weighted by atomic mass is 32.2. The quantitative estimate of drug-likeness (QED) is 0.807. The van der Waals surface area contributed by atoms with Crippen molar-refractivity contribution in [2.45, 2.75) is 56.2 Å². The van der Waals surface area contributed by atoms with E-state index in [9.17, 15) is 0 Å². The van der Waals surface area contributed by atoms with Gasteiger partial charge in [-0.05, 0) is 31.4 Å². The smallest absolute Gasteiger partial charge is 0.129 e. The van der Waals surface area contributed by atoms with E-state index >= 15 is 0 Å². The van der Waals surface area contributed by atoms with Crippen LogP contribution >= 0.6 is 11.8 Å². The van der Waals surface area contributed by atoms with Crippen molar-refractivity contribution in [1.29, 1.82) is 0 Å². The molecule has 0 amide bonds. The number of hydrogen-bond acceptors (Lipinski definition) is 3. The molecule has 3 heteroatoms. The van der Waals surface area contributed by atoms with E-state index < -0.39 is 0 Å². The molecule has 0 aliphatic heterocycles. The highest BCUT2D eigenvalue weighted by Gasteiger charge is 2.22. The van der Waals surface area contributed by atoms with Gasteiger partial charge in [0.2, 0.25) is 0 Å². The molecule has 2 rings (SSSR count). The summed E-state index contributed by atoms with van der Waals surface area (Å²) in [6.45, 7) is 8.81. The van der Waals surface area contributed by atoms with E-state index in [0.29, 0.717) is 6.04 Å². The number of pyridine rings is 1. The number of hydrogen-bond donors (Lipinski definition) is 1. The summed E-state index contributed by atoms with van der Waals surface area (Å²) in [7, 11) is 0. The van der Waals surface area contributed by atoms with Crippen molar-refractivity contribution in [1.82, 2.24) is 4.98 Å². The second-order valence-electron chi connectivity index (χ2n) is 5.47. The predicted octanol–water partition coefficient (Wildman–Crippen LogP) is 3.85. The molecule has 0 atom stereocenters. The largest absolute Gasteiger partial charge is 0.367 e. The van der Waals surface area contributed by atoms with Crippen molar-refractivity contribution in [3.05, 3.63) is 17.8 Å². The predicted molar refractivity (Wildman–Crippen MR) is 71.2 cm³/mol. The maximum absolute atomic E-state index is 4.51. The molecule has 2 nitrogen and oxygen atoms in total. The van der Waals surface area contributed by atoms with Crippen molar-refractivity contribution in [3.63, 3.8) is 0 Å². The second-order valence-corrected chi connectivity index (χ2v) is 7.37. The van der Waals surface area contributed by atoms with E-state index in [-0.39, 0.29) is 4.75 Å². The summed E-state index contributed by atoms with van der Waals surface area (Å²) in [4.78, 5) is 5.77. The summed E-state index contributed by atoms with van der Waals surface area (Å²) < 4.78 is 0.250. The van der Waals surface area contributed by atoms with Gasteiger partial charge in [0.05, 0.1) is 0 Å². The molecule has 1 aliphatic rings. The summed E-state index contributed by atoms with van der Waals surface area (Å²) in [5, 5.41) is 3.45. The van der Waals surface area contributed by atoms with E-state index in [4.69, 9.17) is 0 Å². The van der Waals surface area contributed by atoms with Gasteiger partial charge in [-0.15, -0.1) is 11.8 Å². The maximum Gasteiger partial charge on any atom is 0.129 e. The zero-order valence-electron chi connectivity index (χ0n) is 10.5. The van der Waals surface area contributed by atoms with Crippen molar-refractivity contribution in [3.8, 4) is 0 Å². The molecule has 0 saturated heterocycles. The fourth-order valence-electron chi connectivity index (χ4n) is 1.53. The lowest BCUT2D eigenvalue weighted by atomic mass is 10.3. The van der Waals surface area contributed by atoms with Gasteiger partial charge in [-0.1, -0.05) is 20.8 Å².